The Morgan fingerprint density at radius 2 is 0.882 bits per heavy atom. The first-order valence-corrected chi connectivity index (χ1v) is 26.4. The molecule has 6 heteroatoms. The zero-order valence-electron chi connectivity index (χ0n) is 41.6. The number of benzene rings is 10. The van der Waals surface area contributed by atoms with Gasteiger partial charge in [0.2, 0.25) is 0 Å². The highest BCUT2D eigenvalue weighted by molar-refractivity contribution is 7.27. The molecule has 0 atom stereocenters. The van der Waals surface area contributed by atoms with Crippen molar-refractivity contribution in [2.75, 3.05) is 0 Å². The van der Waals surface area contributed by atoms with Gasteiger partial charge in [0.15, 0.2) is 17.5 Å². The zero-order chi connectivity index (χ0) is 50.7. The van der Waals surface area contributed by atoms with Gasteiger partial charge in [-0.3, -0.25) is 0 Å². The van der Waals surface area contributed by atoms with E-state index >= 15 is 0 Å². The monoisotopic (exact) mass is 989 g/mol. The average Bonchev–Trinajstić information content (AvgIpc) is 4.25. The molecule has 0 saturated heterocycles. The predicted octanol–water partition coefficient (Wildman–Crippen LogP) is 18.8. The van der Waals surface area contributed by atoms with E-state index in [1.165, 1.54) is 64.1 Å². The van der Waals surface area contributed by atoms with Crippen LogP contribution in [-0.4, -0.2) is 24.1 Å². The number of fused-ring (bicyclic) bond motifs is 9. The number of thiophene rings is 1. The van der Waals surface area contributed by atoms with E-state index in [1.807, 2.05) is 35.6 Å². The van der Waals surface area contributed by atoms with Crippen LogP contribution in [0.2, 0.25) is 0 Å². The SMILES string of the molecule is C=C/C=C\c1c(C)c2ccc3c4ccc5c6ccccc6n(-c6ccc(-c7nc(-c8cccc(-c9ccccc9)c8)nc(-c8cccc(-c9ccccc9)c8)n7)cc6)c5c4sc3c2n1-c1ccccc1-c1ccccc1. The molecule has 0 saturated carbocycles. The molecule has 5 nitrogen and oxygen atoms in total. The lowest BCUT2D eigenvalue weighted by Gasteiger charge is -2.15. The normalized spacial score (nSPS) is 11.8. The van der Waals surface area contributed by atoms with Crippen LogP contribution < -0.4 is 0 Å². The summed E-state index contributed by atoms with van der Waals surface area (Å²) in [6.45, 7) is 6.30. The predicted molar refractivity (Wildman–Crippen MR) is 320 cm³/mol. The minimum atomic E-state index is 0.606. The lowest BCUT2D eigenvalue weighted by atomic mass is 10.0. The number of aryl methyl sites for hydroxylation is 1. The number of para-hydroxylation sites is 2. The molecule has 14 rings (SSSR count). The number of hydrogen-bond donors (Lipinski definition) is 0. The second-order valence-electron chi connectivity index (χ2n) is 19.2. The van der Waals surface area contributed by atoms with Crippen molar-refractivity contribution in [2.24, 2.45) is 0 Å². The van der Waals surface area contributed by atoms with E-state index < -0.39 is 0 Å². The molecule has 0 unspecified atom stereocenters. The van der Waals surface area contributed by atoms with Gasteiger partial charge in [-0.2, -0.15) is 0 Å². The van der Waals surface area contributed by atoms with Crippen LogP contribution in [0.5, 0.6) is 0 Å². The third kappa shape index (κ3) is 7.57. The van der Waals surface area contributed by atoms with Gasteiger partial charge < -0.3 is 9.13 Å². The summed E-state index contributed by atoms with van der Waals surface area (Å²) in [5.41, 5.74) is 17.7. The quantitative estimate of drug-likeness (QED) is 0.128. The zero-order valence-corrected chi connectivity index (χ0v) is 42.4. The molecule has 14 aromatic rings. The van der Waals surface area contributed by atoms with Gasteiger partial charge in [-0.05, 0) is 94.9 Å². The standard InChI is InChI=1S/C70H47N5S/c1-3-4-32-61-45(2)55-39-41-59-60-42-40-58-57-31-15-17-34-63(57)74(65(58)67(60)76-66(59)64(55)75(61)62-33-16-14-30-56(62)48-24-12-7-13-25-48)54-37-35-49(36-38-54)68-71-69(52-28-18-26-50(43-52)46-20-8-5-9-21-46)73-70(72-68)53-29-19-27-51(44-53)47-22-10-6-11-23-47/h3-44H,1H2,2H3/b32-4-. The van der Waals surface area contributed by atoms with Crippen molar-refractivity contribution >= 4 is 70.3 Å². The number of rotatable bonds is 10. The van der Waals surface area contributed by atoms with Crippen molar-refractivity contribution in [3.63, 3.8) is 0 Å². The topological polar surface area (TPSA) is 48.5 Å². The Kier molecular flexibility index (Phi) is 11.0. The van der Waals surface area contributed by atoms with E-state index in [2.05, 4.69) is 253 Å². The summed E-state index contributed by atoms with van der Waals surface area (Å²) in [5.74, 6) is 1.84. The minimum absolute atomic E-state index is 0.606. The van der Waals surface area contributed by atoms with Gasteiger partial charge in [-0.15, -0.1) is 11.3 Å². The first kappa shape index (κ1) is 44.9. The highest BCUT2D eigenvalue weighted by Gasteiger charge is 2.24. The largest absolute Gasteiger partial charge is 0.308 e. The third-order valence-electron chi connectivity index (χ3n) is 14.8. The van der Waals surface area contributed by atoms with Crippen molar-refractivity contribution in [3.8, 4) is 78.9 Å². The van der Waals surface area contributed by atoms with Crippen LogP contribution in [0.1, 0.15) is 11.3 Å². The van der Waals surface area contributed by atoms with Crippen LogP contribution in [0.15, 0.2) is 255 Å². The summed E-state index contributed by atoms with van der Waals surface area (Å²) in [6.07, 6.45) is 6.11. The van der Waals surface area contributed by atoms with E-state index in [4.69, 9.17) is 15.0 Å². The van der Waals surface area contributed by atoms with Crippen LogP contribution >= 0.6 is 11.3 Å². The van der Waals surface area contributed by atoms with E-state index in [1.54, 1.807) is 0 Å². The van der Waals surface area contributed by atoms with Gasteiger partial charge in [-0.25, -0.2) is 15.0 Å². The maximum Gasteiger partial charge on any atom is 0.164 e. The molecule has 0 amide bonds. The van der Waals surface area contributed by atoms with Crippen LogP contribution in [0.4, 0.5) is 0 Å². The van der Waals surface area contributed by atoms with Crippen molar-refractivity contribution < 1.29 is 0 Å². The molecule has 0 bridgehead atoms. The molecule has 76 heavy (non-hydrogen) atoms. The van der Waals surface area contributed by atoms with E-state index in [-0.39, 0.29) is 0 Å². The van der Waals surface area contributed by atoms with Gasteiger partial charge in [0.25, 0.3) is 0 Å². The molecule has 10 aromatic carbocycles. The number of nitrogens with zero attached hydrogens (tertiary/aromatic N) is 5. The highest BCUT2D eigenvalue weighted by Crippen LogP contribution is 2.47. The van der Waals surface area contributed by atoms with Gasteiger partial charge in [0.05, 0.1) is 31.6 Å². The fourth-order valence-electron chi connectivity index (χ4n) is 11.1. The maximum absolute atomic E-state index is 5.23. The van der Waals surface area contributed by atoms with Crippen molar-refractivity contribution in [1.29, 1.82) is 0 Å². The molecule has 0 aliphatic heterocycles. The second-order valence-corrected chi connectivity index (χ2v) is 20.2. The Bertz CT molecular complexity index is 4480. The molecule has 0 spiro atoms. The van der Waals surface area contributed by atoms with E-state index in [0.717, 1.165) is 61.5 Å². The maximum atomic E-state index is 5.23. The molecular formula is C70H47N5S. The number of hydrogen-bond acceptors (Lipinski definition) is 4. The summed E-state index contributed by atoms with van der Waals surface area (Å²) in [7, 11) is 0. The average molecular weight is 990 g/mol. The molecule has 0 fully saturated rings. The van der Waals surface area contributed by atoms with Gasteiger partial charge in [-0.1, -0.05) is 207 Å². The smallest absolute Gasteiger partial charge is 0.164 e. The lowest BCUT2D eigenvalue weighted by Crippen LogP contribution is -2.01. The first-order chi connectivity index (χ1) is 37.6. The van der Waals surface area contributed by atoms with E-state index in [9.17, 15) is 0 Å². The van der Waals surface area contributed by atoms with Gasteiger partial charge in [0.1, 0.15) is 0 Å². The van der Waals surface area contributed by atoms with E-state index in [0.29, 0.717) is 17.5 Å². The van der Waals surface area contributed by atoms with Crippen molar-refractivity contribution in [1.82, 2.24) is 24.1 Å². The third-order valence-corrected chi connectivity index (χ3v) is 16.0. The van der Waals surface area contributed by atoms with Crippen molar-refractivity contribution in [3.05, 3.63) is 267 Å². The first-order valence-electron chi connectivity index (χ1n) is 25.6. The summed E-state index contributed by atoms with van der Waals surface area (Å²) >= 11 is 1.89. The Morgan fingerprint density at radius 3 is 1.50 bits per heavy atom. The summed E-state index contributed by atoms with van der Waals surface area (Å²) < 4.78 is 7.42. The Hall–Kier alpha value is -9.75. The summed E-state index contributed by atoms with van der Waals surface area (Å²) in [5, 5.41) is 6.13. The van der Waals surface area contributed by atoms with Crippen molar-refractivity contribution in [2.45, 2.75) is 6.92 Å². The van der Waals surface area contributed by atoms with Crippen LogP contribution in [0, 0.1) is 6.92 Å². The summed E-state index contributed by atoms with van der Waals surface area (Å²) in [4.78, 5) is 15.7. The molecule has 0 aliphatic carbocycles. The molecular weight excluding hydrogens is 943 g/mol. The van der Waals surface area contributed by atoms with Gasteiger partial charge in [0, 0.05) is 60.6 Å². The Labute approximate surface area is 444 Å². The van der Waals surface area contributed by atoms with Gasteiger partial charge >= 0.3 is 0 Å². The minimum Gasteiger partial charge on any atom is -0.308 e. The van der Waals surface area contributed by atoms with Crippen LogP contribution in [-0.2, 0) is 0 Å². The number of allylic oxidation sites excluding steroid dienone is 2. The fraction of sp³-hybridized carbons (Fsp3) is 0.0143. The highest BCUT2D eigenvalue weighted by atomic mass is 32.1. The second kappa shape index (κ2) is 18.6. The molecule has 0 N–H and O–H groups in total. The molecule has 0 aliphatic rings. The molecule has 4 heterocycles. The molecule has 4 aromatic heterocycles. The fourth-order valence-corrected chi connectivity index (χ4v) is 12.5. The summed E-state index contributed by atoms with van der Waals surface area (Å²) in [6, 6.07) is 84.2. The van der Waals surface area contributed by atoms with Crippen LogP contribution in [0.25, 0.3) is 138 Å². The molecule has 358 valence electrons. The molecule has 0 radical (unpaired) electrons. The Morgan fingerprint density at radius 1 is 0.395 bits per heavy atom. The number of aromatic nitrogens is 5. The lowest BCUT2D eigenvalue weighted by molar-refractivity contribution is 1.07. The Balaban J connectivity index is 0.949. The van der Waals surface area contributed by atoms with Crippen LogP contribution in [0.3, 0.4) is 0 Å².